The molecule has 74 valence electrons. The number of hydrogen-bond donors (Lipinski definition) is 1. The lowest BCUT2D eigenvalue weighted by Gasteiger charge is -2.20. The smallest absolute Gasteiger partial charge is 0.302 e. The number of alkyl halides is 4. The number of rotatable bonds is 4. The van der Waals surface area contributed by atoms with Crippen molar-refractivity contribution in [1.29, 1.82) is 0 Å². The zero-order chi connectivity index (χ0) is 9.99. The first kappa shape index (κ1) is 13.7. The van der Waals surface area contributed by atoms with E-state index in [0.717, 1.165) is 7.11 Å². The maximum Gasteiger partial charge on any atom is 0.473 e. The molecule has 0 fully saturated rings. The summed E-state index contributed by atoms with van der Waals surface area (Å²) in [6.45, 7) is 0. The third-order valence-electron chi connectivity index (χ3n) is 0.714. The number of phosphoric ester groups is 1. The van der Waals surface area contributed by atoms with Crippen LogP contribution in [0.2, 0.25) is 0 Å². The minimum absolute atomic E-state index is 1.03. The molecule has 0 heterocycles. The Morgan fingerprint density at radius 1 is 1.67 bits per heavy atom. The highest BCUT2D eigenvalue weighted by Gasteiger charge is 2.36. The molecule has 0 saturated heterocycles. The van der Waals surface area contributed by atoms with Crippen LogP contribution < -0.4 is 0 Å². The second-order valence-electron chi connectivity index (χ2n) is 1.61. The van der Waals surface area contributed by atoms with E-state index in [9.17, 15) is 4.57 Å². The van der Waals surface area contributed by atoms with Gasteiger partial charge in [0, 0.05) is 7.11 Å². The minimum atomic E-state index is -4.07. The van der Waals surface area contributed by atoms with Crippen molar-refractivity contribution >= 4 is 62.9 Å². The van der Waals surface area contributed by atoms with Gasteiger partial charge in [-0.15, -0.1) is 0 Å². The van der Waals surface area contributed by atoms with Gasteiger partial charge in [-0.05, 0) is 15.9 Å². The molecule has 0 amide bonds. The summed E-state index contributed by atoms with van der Waals surface area (Å²) in [4.78, 5) is 8.80. The van der Waals surface area contributed by atoms with E-state index in [2.05, 4.69) is 40.9 Å². The lowest BCUT2D eigenvalue weighted by Crippen LogP contribution is -2.20. The van der Waals surface area contributed by atoms with Crippen molar-refractivity contribution in [2.24, 2.45) is 0 Å². The first-order valence-electron chi connectivity index (χ1n) is 2.47. The van der Waals surface area contributed by atoms with Crippen molar-refractivity contribution in [3.8, 4) is 0 Å². The normalized spacial score (nSPS) is 20.2. The average Bonchev–Trinajstić information content (AvgIpc) is 1.85. The molecule has 0 aromatic heterocycles. The topological polar surface area (TPSA) is 55.8 Å². The van der Waals surface area contributed by atoms with Gasteiger partial charge in [0.15, 0.2) is 5.01 Å². The Bertz CT molecular complexity index is 195. The van der Waals surface area contributed by atoms with Gasteiger partial charge in [0.25, 0.3) is 0 Å². The van der Waals surface area contributed by atoms with Crippen LogP contribution in [-0.4, -0.2) is 20.3 Å². The molecule has 0 aliphatic carbocycles. The van der Waals surface area contributed by atoms with Crippen LogP contribution in [0.3, 0.4) is 0 Å². The van der Waals surface area contributed by atoms with E-state index in [4.69, 9.17) is 28.1 Å². The van der Waals surface area contributed by atoms with Gasteiger partial charge in [-0.2, -0.15) is 0 Å². The zero-order valence-corrected chi connectivity index (χ0v) is 11.3. The predicted octanol–water partition coefficient (Wildman–Crippen LogP) is 3.00. The molecule has 2 atom stereocenters. The summed E-state index contributed by atoms with van der Waals surface area (Å²) >= 11 is 16.6. The van der Waals surface area contributed by atoms with Crippen LogP contribution in [0.25, 0.3) is 0 Å². The second-order valence-corrected chi connectivity index (χ2v) is 7.51. The molecule has 0 aromatic carbocycles. The molecule has 0 aliphatic rings. The summed E-state index contributed by atoms with van der Waals surface area (Å²) in [7, 11) is -3.05. The molecule has 0 rings (SSSR count). The average molecular weight is 367 g/mol. The minimum Gasteiger partial charge on any atom is -0.302 e. The van der Waals surface area contributed by atoms with Gasteiger partial charge in [0.1, 0.15) is 0 Å². The molecular formula is C3H5Br2Cl2O4P. The summed E-state index contributed by atoms with van der Waals surface area (Å²) in [6, 6.07) is 0. The highest BCUT2D eigenvalue weighted by atomic mass is 79.9. The van der Waals surface area contributed by atoms with Crippen LogP contribution in [-0.2, 0) is 13.6 Å². The van der Waals surface area contributed by atoms with Crippen molar-refractivity contribution in [3.63, 3.8) is 0 Å². The first-order chi connectivity index (χ1) is 5.19. The Morgan fingerprint density at radius 2 is 2.08 bits per heavy atom. The van der Waals surface area contributed by atoms with Crippen LogP contribution in [0.15, 0.2) is 0 Å². The van der Waals surface area contributed by atoms with Gasteiger partial charge >= 0.3 is 7.82 Å². The van der Waals surface area contributed by atoms with Crippen LogP contribution in [0, 0.1) is 0 Å². The van der Waals surface area contributed by atoms with E-state index in [-0.39, 0.29) is 0 Å². The van der Waals surface area contributed by atoms with Gasteiger partial charge in [-0.1, -0.05) is 39.1 Å². The molecule has 0 aromatic rings. The van der Waals surface area contributed by atoms with Crippen LogP contribution in [0.4, 0.5) is 0 Å². The van der Waals surface area contributed by atoms with Gasteiger partial charge in [-0.25, -0.2) is 4.57 Å². The molecule has 0 spiro atoms. The van der Waals surface area contributed by atoms with Crippen molar-refractivity contribution in [1.82, 2.24) is 0 Å². The Hall–Kier alpha value is 1.65. The fraction of sp³-hybridized carbons (Fsp3) is 1.00. The van der Waals surface area contributed by atoms with E-state index in [1.807, 2.05) is 0 Å². The maximum atomic E-state index is 10.8. The molecule has 0 saturated carbocycles. The van der Waals surface area contributed by atoms with Crippen LogP contribution in [0.1, 0.15) is 0 Å². The number of halogens is 4. The highest BCUT2D eigenvalue weighted by Crippen LogP contribution is 2.50. The quantitative estimate of drug-likeness (QED) is 0.614. The van der Waals surface area contributed by atoms with E-state index < -0.39 is 16.1 Å². The predicted molar refractivity (Wildman–Crippen MR) is 54.0 cm³/mol. The summed E-state index contributed by atoms with van der Waals surface area (Å²) in [5, 5.41) is -1.07. The van der Waals surface area contributed by atoms with Crippen LogP contribution >= 0.6 is 62.9 Å². The third-order valence-corrected chi connectivity index (χ3v) is 4.77. The molecule has 1 N–H and O–H groups in total. The van der Waals surface area contributed by atoms with Gasteiger partial charge in [0.05, 0.1) is 0 Å². The van der Waals surface area contributed by atoms with E-state index in [0.29, 0.717) is 0 Å². The van der Waals surface area contributed by atoms with E-state index in [1.54, 1.807) is 0 Å². The summed E-state index contributed by atoms with van der Waals surface area (Å²) in [5.41, 5.74) is 0. The molecule has 12 heavy (non-hydrogen) atoms. The van der Waals surface area contributed by atoms with Crippen molar-refractivity contribution in [3.05, 3.63) is 0 Å². The Labute approximate surface area is 96.4 Å². The van der Waals surface area contributed by atoms with Crippen molar-refractivity contribution in [2.75, 3.05) is 7.11 Å². The van der Waals surface area contributed by atoms with E-state index >= 15 is 0 Å². The lowest BCUT2D eigenvalue weighted by molar-refractivity contribution is 0.166. The Morgan fingerprint density at radius 3 is 2.33 bits per heavy atom. The SMILES string of the molecule is COP(=O)(O)OC(Br)C(Cl)(Cl)Br. The van der Waals surface area contributed by atoms with Crippen LogP contribution in [0.5, 0.6) is 0 Å². The molecule has 2 unspecified atom stereocenters. The third kappa shape index (κ3) is 5.40. The molecule has 0 radical (unpaired) electrons. The summed E-state index contributed by atoms with van der Waals surface area (Å²) < 4.78 is 17.9. The van der Waals surface area contributed by atoms with E-state index in [1.165, 1.54) is 0 Å². The van der Waals surface area contributed by atoms with Gasteiger partial charge < -0.3 is 4.89 Å². The standard InChI is InChI=1S/C3H5Br2Cl2O4P/c1-10-12(8,9)11-2(4)3(5,6)7/h2H,1H3,(H,8,9). The lowest BCUT2D eigenvalue weighted by atomic mass is 10.9. The van der Waals surface area contributed by atoms with Gasteiger partial charge in [0.2, 0.25) is 3.24 Å². The monoisotopic (exact) mass is 364 g/mol. The maximum absolute atomic E-state index is 10.8. The fourth-order valence-corrected chi connectivity index (χ4v) is 1.78. The molecule has 9 heteroatoms. The first-order valence-corrected chi connectivity index (χ1v) is 6.43. The van der Waals surface area contributed by atoms with Crippen molar-refractivity contribution < 1.29 is 18.5 Å². The molecular weight excluding hydrogens is 362 g/mol. The highest BCUT2D eigenvalue weighted by molar-refractivity contribution is 9.13. The Kier molecular flexibility index (Phi) is 5.61. The van der Waals surface area contributed by atoms with Gasteiger partial charge in [-0.3, -0.25) is 9.05 Å². The van der Waals surface area contributed by atoms with Crippen molar-refractivity contribution in [2.45, 2.75) is 8.26 Å². The molecule has 4 nitrogen and oxygen atoms in total. The number of phosphoric acid groups is 1. The Balaban J connectivity index is 4.19. The largest absolute Gasteiger partial charge is 0.473 e. The fourth-order valence-electron chi connectivity index (χ4n) is 0.220. The summed E-state index contributed by atoms with van der Waals surface area (Å²) in [6.07, 6.45) is 0. The molecule has 0 bridgehead atoms. The second kappa shape index (κ2) is 4.94. The number of hydrogen-bond acceptors (Lipinski definition) is 3. The molecule has 0 aliphatic heterocycles. The zero-order valence-electron chi connectivity index (χ0n) is 5.71. The summed E-state index contributed by atoms with van der Waals surface area (Å²) in [5.74, 6) is 0.